The standard InChI is InChI=1S/C23H24N4O4/c1-15-12-17(16(2)27(15)19-6-5-7-21(13-19)31-4)14-24-26-23(29)22(28)25-18-8-10-20(30-3)11-9-18/h5-14H,1-4H3,(H,25,28)(H,26,29)/b24-14-. The van der Waals surface area contributed by atoms with Crippen LogP contribution >= 0.6 is 0 Å². The van der Waals surface area contributed by atoms with Crippen LogP contribution < -0.4 is 20.2 Å². The van der Waals surface area contributed by atoms with Crippen LogP contribution in [0.1, 0.15) is 17.0 Å². The zero-order valence-corrected chi connectivity index (χ0v) is 17.8. The van der Waals surface area contributed by atoms with Gasteiger partial charge in [0.25, 0.3) is 0 Å². The Labute approximate surface area is 180 Å². The number of aryl methyl sites for hydroxylation is 1. The molecule has 1 heterocycles. The molecule has 0 saturated heterocycles. The lowest BCUT2D eigenvalue weighted by Crippen LogP contribution is -2.32. The van der Waals surface area contributed by atoms with Gasteiger partial charge in [-0.05, 0) is 56.3 Å². The molecule has 0 aliphatic rings. The molecule has 2 aromatic carbocycles. The van der Waals surface area contributed by atoms with Gasteiger partial charge in [0.05, 0.1) is 20.4 Å². The fourth-order valence-electron chi connectivity index (χ4n) is 3.14. The summed E-state index contributed by atoms with van der Waals surface area (Å²) in [4.78, 5) is 24.1. The largest absolute Gasteiger partial charge is 0.497 e. The van der Waals surface area contributed by atoms with Gasteiger partial charge in [-0.25, -0.2) is 5.43 Å². The first-order valence-electron chi connectivity index (χ1n) is 9.54. The molecular formula is C23H24N4O4. The van der Waals surface area contributed by atoms with Gasteiger partial charge in [-0.15, -0.1) is 0 Å². The van der Waals surface area contributed by atoms with Crippen molar-refractivity contribution >= 4 is 23.7 Å². The predicted molar refractivity (Wildman–Crippen MR) is 119 cm³/mol. The highest BCUT2D eigenvalue weighted by atomic mass is 16.5. The van der Waals surface area contributed by atoms with Gasteiger partial charge < -0.3 is 19.4 Å². The zero-order valence-electron chi connectivity index (χ0n) is 17.8. The summed E-state index contributed by atoms with van der Waals surface area (Å²) in [7, 11) is 3.17. The maximum Gasteiger partial charge on any atom is 0.329 e. The second-order valence-electron chi connectivity index (χ2n) is 6.75. The van der Waals surface area contributed by atoms with E-state index in [9.17, 15) is 9.59 Å². The molecule has 2 N–H and O–H groups in total. The Bertz CT molecular complexity index is 1120. The number of rotatable bonds is 6. The summed E-state index contributed by atoms with van der Waals surface area (Å²) in [5.74, 6) is -0.271. The summed E-state index contributed by atoms with van der Waals surface area (Å²) >= 11 is 0. The van der Waals surface area contributed by atoms with Crippen molar-refractivity contribution in [3.05, 3.63) is 71.5 Å². The third-order valence-electron chi connectivity index (χ3n) is 4.71. The minimum Gasteiger partial charge on any atom is -0.497 e. The smallest absolute Gasteiger partial charge is 0.329 e. The highest BCUT2D eigenvalue weighted by molar-refractivity contribution is 6.39. The van der Waals surface area contributed by atoms with E-state index in [1.807, 2.05) is 44.2 Å². The summed E-state index contributed by atoms with van der Waals surface area (Å²) < 4.78 is 12.4. The van der Waals surface area contributed by atoms with Crippen LogP contribution in [-0.4, -0.2) is 36.8 Å². The molecule has 3 aromatic rings. The van der Waals surface area contributed by atoms with Crippen LogP contribution in [0.4, 0.5) is 5.69 Å². The molecule has 2 amide bonds. The number of hydrazone groups is 1. The fourth-order valence-corrected chi connectivity index (χ4v) is 3.14. The van der Waals surface area contributed by atoms with Gasteiger partial charge in [0, 0.05) is 34.4 Å². The number of anilines is 1. The summed E-state index contributed by atoms with van der Waals surface area (Å²) in [6, 6.07) is 16.3. The first kappa shape index (κ1) is 21.6. The number of amides is 2. The average molecular weight is 420 g/mol. The number of nitrogens with zero attached hydrogens (tertiary/aromatic N) is 2. The molecule has 1 aromatic heterocycles. The number of ether oxygens (including phenoxy) is 2. The molecule has 160 valence electrons. The molecule has 0 atom stereocenters. The van der Waals surface area contributed by atoms with Gasteiger partial charge in [0.15, 0.2) is 0 Å². The number of methoxy groups -OCH3 is 2. The molecule has 0 aliphatic carbocycles. The van der Waals surface area contributed by atoms with Crippen LogP contribution in [0.2, 0.25) is 0 Å². The van der Waals surface area contributed by atoms with E-state index in [2.05, 4.69) is 20.4 Å². The Morgan fingerprint density at radius 2 is 1.65 bits per heavy atom. The SMILES string of the molecule is COc1ccc(NC(=O)C(=O)N/N=C\c2cc(C)n(-c3cccc(OC)c3)c2C)cc1. The van der Waals surface area contributed by atoms with Crippen LogP contribution in [0.15, 0.2) is 59.7 Å². The maximum atomic E-state index is 12.0. The highest BCUT2D eigenvalue weighted by Gasteiger charge is 2.14. The Morgan fingerprint density at radius 1 is 0.935 bits per heavy atom. The average Bonchev–Trinajstić information content (AvgIpc) is 3.07. The molecular weight excluding hydrogens is 396 g/mol. The lowest BCUT2D eigenvalue weighted by atomic mass is 10.2. The third-order valence-corrected chi connectivity index (χ3v) is 4.71. The predicted octanol–water partition coefficient (Wildman–Crippen LogP) is 3.20. The lowest BCUT2D eigenvalue weighted by molar-refractivity contribution is -0.136. The summed E-state index contributed by atoms with van der Waals surface area (Å²) in [5.41, 5.74) is 6.43. The van der Waals surface area contributed by atoms with E-state index in [0.717, 1.165) is 28.4 Å². The van der Waals surface area contributed by atoms with Crippen LogP contribution in [0.3, 0.4) is 0 Å². The molecule has 8 nitrogen and oxygen atoms in total. The fraction of sp³-hybridized carbons (Fsp3) is 0.174. The quantitative estimate of drug-likeness (QED) is 0.364. The molecule has 0 bridgehead atoms. The monoisotopic (exact) mass is 420 g/mol. The Balaban J connectivity index is 1.66. The van der Waals surface area contributed by atoms with E-state index >= 15 is 0 Å². The number of nitrogens with one attached hydrogen (secondary N) is 2. The highest BCUT2D eigenvalue weighted by Crippen LogP contribution is 2.23. The first-order valence-corrected chi connectivity index (χ1v) is 9.54. The molecule has 0 saturated carbocycles. The van der Waals surface area contributed by atoms with E-state index in [-0.39, 0.29) is 0 Å². The van der Waals surface area contributed by atoms with Gasteiger partial charge in [-0.3, -0.25) is 9.59 Å². The maximum absolute atomic E-state index is 12.0. The van der Waals surface area contributed by atoms with Crippen LogP contribution in [0.5, 0.6) is 11.5 Å². The Morgan fingerprint density at radius 3 is 2.32 bits per heavy atom. The molecule has 0 aliphatic heterocycles. The summed E-state index contributed by atoms with van der Waals surface area (Å²) in [6.07, 6.45) is 1.51. The summed E-state index contributed by atoms with van der Waals surface area (Å²) in [5, 5.41) is 6.43. The Hall–Kier alpha value is -4.07. The van der Waals surface area contributed by atoms with E-state index in [1.165, 1.54) is 6.21 Å². The molecule has 8 heteroatoms. The van der Waals surface area contributed by atoms with Crippen molar-refractivity contribution in [2.24, 2.45) is 5.10 Å². The molecule has 3 rings (SSSR count). The van der Waals surface area contributed by atoms with Crippen LogP contribution in [-0.2, 0) is 9.59 Å². The number of aromatic nitrogens is 1. The molecule has 0 fully saturated rings. The second kappa shape index (κ2) is 9.62. The first-order chi connectivity index (χ1) is 14.9. The number of benzene rings is 2. The van der Waals surface area contributed by atoms with Gasteiger partial charge in [0.1, 0.15) is 11.5 Å². The van der Waals surface area contributed by atoms with Gasteiger partial charge in [-0.1, -0.05) is 6.07 Å². The number of hydrogen-bond donors (Lipinski definition) is 2. The second-order valence-corrected chi connectivity index (χ2v) is 6.75. The number of carbonyl (C=O) groups is 2. The van der Waals surface area contributed by atoms with Gasteiger partial charge >= 0.3 is 11.8 Å². The van der Waals surface area contributed by atoms with E-state index in [1.54, 1.807) is 38.5 Å². The molecule has 0 spiro atoms. The number of hydrogen-bond acceptors (Lipinski definition) is 5. The van der Waals surface area contributed by atoms with Crippen molar-refractivity contribution in [2.75, 3.05) is 19.5 Å². The molecule has 0 unspecified atom stereocenters. The van der Waals surface area contributed by atoms with E-state index in [4.69, 9.17) is 9.47 Å². The van der Waals surface area contributed by atoms with Crippen molar-refractivity contribution < 1.29 is 19.1 Å². The third kappa shape index (κ3) is 5.11. The van der Waals surface area contributed by atoms with Crippen molar-refractivity contribution in [1.82, 2.24) is 9.99 Å². The van der Waals surface area contributed by atoms with Crippen LogP contribution in [0, 0.1) is 13.8 Å². The lowest BCUT2D eigenvalue weighted by Gasteiger charge is -2.11. The van der Waals surface area contributed by atoms with Crippen LogP contribution in [0.25, 0.3) is 5.69 Å². The summed E-state index contributed by atoms with van der Waals surface area (Å²) in [6.45, 7) is 3.93. The van der Waals surface area contributed by atoms with E-state index < -0.39 is 11.8 Å². The minimum absolute atomic E-state index is 0.478. The van der Waals surface area contributed by atoms with Crippen molar-refractivity contribution in [3.8, 4) is 17.2 Å². The zero-order chi connectivity index (χ0) is 22.4. The normalized spacial score (nSPS) is 10.7. The van der Waals surface area contributed by atoms with Gasteiger partial charge in [-0.2, -0.15) is 5.10 Å². The van der Waals surface area contributed by atoms with E-state index in [0.29, 0.717) is 11.4 Å². The topological polar surface area (TPSA) is 94.0 Å². The number of carbonyl (C=O) groups excluding carboxylic acids is 2. The molecule has 0 radical (unpaired) electrons. The van der Waals surface area contributed by atoms with Gasteiger partial charge in [0.2, 0.25) is 0 Å². The molecule has 31 heavy (non-hydrogen) atoms. The Kier molecular flexibility index (Phi) is 6.71. The van der Waals surface area contributed by atoms with Crippen molar-refractivity contribution in [3.63, 3.8) is 0 Å². The van der Waals surface area contributed by atoms with Crippen molar-refractivity contribution in [2.45, 2.75) is 13.8 Å². The van der Waals surface area contributed by atoms with Crippen molar-refractivity contribution in [1.29, 1.82) is 0 Å². The minimum atomic E-state index is -0.867.